The zero-order chi connectivity index (χ0) is 70.8. The highest BCUT2D eigenvalue weighted by Crippen LogP contribution is 2.52. The van der Waals surface area contributed by atoms with Gasteiger partial charge in [0.15, 0.2) is 0 Å². The van der Waals surface area contributed by atoms with E-state index in [0.29, 0.717) is 17.9 Å². The number of aryl methyl sites for hydroxylation is 1. The smallest absolute Gasteiger partial charge is 0.409 e. The number of likely N-dealkylation sites (tertiary alicyclic amines) is 5. The maximum absolute atomic E-state index is 13.9. The number of nitrogens with zero attached hydrogens (tertiary/aromatic N) is 7. The molecule has 2 bridgehead atoms. The number of rotatable bonds is 9. The molecule has 5 saturated heterocycles. The number of hydrogen-bond acceptors (Lipinski definition) is 11. The molecular weight excluding hydrogens is 1280 g/mol. The van der Waals surface area contributed by atoms with E-state index in [0.717, 1.165) is 175 Å². The van der Waals surface area contributed by atoms with Crippen molar-refractivity contribution in [2.24, 2.45) is 35.5 Å². The number of carbonyl (C=O) groups is 3. The van der Waals surface area contributed by atoms with Gasteiger partial charge < -0.3 is 54.4 Å². The highest BCUT2D eigenvalue weighted by Gasteiger charge is 2.50. The molecule has 0 aromatic heterocycles. The summed E-state index contributed by atoms with van der Waals surface area (Å²) < 4.78 is 38.2. The standard InChI is InChI=1S/C24H35N3O4.C22H32N2.C21H29FN2O.C19H27FN2/c1-4-31-23(29)26-11-7-19(8-12-26)16-25-13-9-24(10-14-25)17-27(18(2)28)22-6-5-20(30-3)15-21(22)24;1-16-2-7-21-20(12-16)22(15-23-21)8-10-24(11-9-22)14-19-6-4-17-3-5-18(19)13-17;1-15-4-3-5-18(12-15)23-10-8-21(9-11-23)14-24(16(2)25)20-7-6-17(22)13-19(20)21;20-16-6-7-18-17(12-16)19(14-21-18)8-10-22(11-9-19)13-15-4-2-1-3-5-15/h5-6,15,19H,4,7-14,16-17H2,1-3H3;2,7,12,17-19,23H,3-6,8-11,13-15H2,1H3;6-7,13,15,18H,3-5,8-12,14H2,1-2H3;6-7,12,15,21H,1-5,8-11,13-14H2/t;;15-,18?;/m..1./s1. The van der Waals surface area contributed by atoms with Crippen LogP contribution in [0.15, 0.2) is 72.8 Å². The van der Waals surface area contributed by atoms with E-state index in [1.807, 2.05) is 39.8 Å². The normalized spacial score (nSPS) is 27.1. The van der Waals surface area contributed by atoms with Crippen LogP contribution < -0.4 is 25.2 Å². The molecule has 9 aliphatic heterocycles. The predicted molar refractivity (Wildman–Crippen MR) is 407 cm³/mol. The van der Waals surface area contributed by atoms with Gasteiger partial charge in [-0.25, -0.2) is 13.6 Å². The molecule has 16 heteroatoms. The van der Waals surface area contributed by atoms with Crippen LogP contribution in [-0.4, -0.2) is 173 Å². The zero-order valence-corrected chi connectivity index (χ0v) is 63.1. The molecule has 17 rings (SSSR count). The minimum absolute atomic E-state index is 0.0271. The third-order valence-corrected chi connectivity index (χ3v) is 28.3. The second kappa shape index (κ2) is 31.7. The minimum atomic E-state index is -0.188. The van der Waals surface area contributed by atoms with Crippen molar-refractivity contribution in [3.05, 3.63) is 112 Å². The fourth-order valence-electron chi connectivity index (χ4n) is 22.0. The van der Waals surface area contributed by atoms with Gasteiger partial charge in [0.05, 0.1) is 13.7 Å². The summed E-state index contributed by atoms with van der Waals surface area (Å²) >= 11 is 0. The Hall–Kier alpha value is -5.81. The largest absolute Gasteiger partial charge is 0.497 e. The van der Waals surface area contributed by atoms with Crippen LogP contribution in [0.2, 0.25) is 0 Å². The number of piperidine rings is 5. The molecule has 4 spiro atoms. The first-order chi connectivity index (χ1) is 49.4. The van der Waals surface area contributed by atoms with Crippen LogP contribution in [0, 0.1) is 54.1 Å². The number of methoxy groups -OCH3 is 1. The number of hydrogen-bond donors (Lipinski definition) is 2. The van der Waals surface area contributed by atoms with E-state index in [4.69, 9.17) is 9.47 Å². The van der Waals surface area contributed by atoms with Crippen LogP contribution in [0.1, 0.15) is 210 Å². The summed E-state index contributed by atoms with van der Waals surface area (Å²) in [5, 5.41) is 7.19. The Bertz CT molecular complexity index is 3540. The number of ether oxygens (including phenoxy) is 2. The monoisotopic (exact) mass is 1400 g/mol. The van der Waals surface area contributed by atoms with E-state index in [9.17, 15) is 23.2 Å². The van der Waals surface area contributed by atoms with Gasteiger partial charge in [0.2, 0.25) is 11.8 Å². The van der Waals surface area contributed by atoms with E-state index < -0.39 is 0 Å². The Morgan fingerprint density at radius 3 is 1.63 bits per heavy atom. The summed E-state index contributed by atoms with van der Waals surface area (Å²) in [5.41, 5.74) is 11.7. The predicted octanol–water partition coefficient (Wildman–Crippen LogP) is 16.1. The fraction of sp³-hybridized carbons (Fsp3) is 0.686. The number of carbonyl (C=O) groups excluding carboxylic acids is 3. The van der Waals surface area contributed by atoms with E-state index >= 15 is 0 Å². The molecule has 5 atom stereocenters. The van der Waals surface area contributed by atoms with Crippen molar-refractivity contribution in [1.29, 1.82) is 0 Å². The van der Waals surface area contributed by atoms with Crippen LogP contribution in [-0.2, 0) is 36.0 Å². The Balaban J connectivity index is 0.000000116. The van der Waals surface area contributed by atoms with Crippen molar-refractivity contribution in [3.63, 3.8) is 0 Å². The lowest BCUT2D eigenvalue weighted by Crippen LogP contribution is -2.49. The van der Waals surface area contributed by atoms with E-state index in [2.05, 4.69) is 68.3 Å². The average molecular weight is 1400 g/mol. The van der Waals surface area contributed by atoms with Crippen LogP contribution in [0.25, 0.3) is 0 Å². The van der Waals surface area contributed by atoms with Gasteiger partial charge in [-0.1, -0.05) is 69.6 Å². The molecule has 102 heavy (non-hydrogen) atoms. The van der Waals surface area contributed by atoms with Crippen molar-refractivity contribution in [1.82, 2.24) is 24.5 Å². The first-order valence-electron chi connectivity index (χ1n) is 40.7. The zero-order valence-electron chi connectivity index (χ0n) is 63.1. The lowest BCUT2D eigenvalue weighted by atomic mass is 9.73. The van der Waals surface area contributed by atoms with Gasteiger partial charge in [-0.2, -0.15) is 0 Å². The van der Waals surface area contributed by atoms with Crippen LogP contribution in [0.5, 0.6) is 5.75 Å². The van der Waals surface area contributed by atoms with Crippen LogP contribution in [0.3, 0.4) is 0 Å². The van der Waals surface area contributed by atoms with Gasteiger partial charge in [-0.15, -0.1) is 0 Å². The first kappa shape index (κ1) is 73.1. The van der Waals surface area contributed by atoms with Crippen LogP contribution in [0.4, 0.5) is 36.3 Å². The first-order valence-corrected chi connectivity index (χ1v) is 40.7. The third kappa shape index (κ3) is 15.8. The van der Waals surface area contributed by atoms with Gasteiger partial charge in [-0.05, 0) is 294 Å². The molecular formula is C86H123F2N9O5. The molecule has 4 aromatic rings. The molecule has 14 nitrogen and oxygen atoms in total. The molecule has 2 N–H and O–H groups in total. The Kier molecular flexibility index (Phi) is 22.7. The van der Waals surface area contributed by atoms with Gasteiger partial charge in [0.25, 0.3) is 0 Å². The van der Waals surface area contributed by atoms with Gasteiger partial charge in [0, 0.05) is 123 Å². The number of anilines is 4. The molecule has 4 saturated carbocycles. The van der Waals surface area contributed by atoms with E-state index in [-0.39, 0.29) is 45.8 Å². The number of halogens is 2. The van der Waals surface area contributed by atoms with E-state index in [1.165, 1.54) is 177 Å². The lowest BCUT2D eigenvalue weighted by molar-refractivity contribution is -0.117. The van der Waals surface area contributed by atoms with Crippen molar-refractivity contribution in [2.45, 2.75) is 216 Å². The van der Waals surface area contributed by atoms with Crippen molar-refractivity contribution >= 4 is 40.7 Å². The Morgan fingerprint density at radius 1 is 0.520 bits per heavy atom. The molecule has 3 amide bonds. The Morgan fingerprint density at radius 2 is 1.04 bits per heavy atom. The van der Waals surface area contributed by atoms with Crippen molar-refractivity contribution in [2.75, 3.05) is 145 Å². The number of fused-ring (bicyclic) bond motifs is 10. The fourth-order valence-corrected chi connectivity index (χ4v) is 22.0. The summed E-state index contributed by atoms with van der Waals surface area (Å²) in [6.45, 7) is 28.4. The summed E-state index contributed by atoms with van der Waals surface area (Å²) in [7, 11) is 1.70. The quantitative estimate of drug-likeness (QED) is 0.167. The number of nitrogens with one attached hydrogen (secondary N) is 2. The summed E-state index contributed by atoms with van der Waals surface area (Å²) in [5.74, 6) is 6.32. The lowest BCUT2D eigenvalue weighted by Gasteiger charge is -2.45. The molecule has 556 valence electrons. The van der Waals surface area contributed by atoms with Gasteiger partial charge in [-0.3, -0.25) is 9.59 Å². The van der Waals surface area contributed by atoms with Gasteiger partial charge in [0.1, 0.15) is 17.4 Å². The van der Waals surface area contributed by atoms with E-state index in [1.54, 1.807) is 57.2 Å². The molecule has 4 unspecified atom stereocenters. The number of benzene rings is 4. The minimum Gasteiger partial charge on any atom is -0.497 e. The molecule has 4 aromatic carbocycles. The van der Waals surface area contributed by atoms with Crippen molar-refractivity contribution < 1.29 is 32.6 Å². The second-order valence-corrected chi connectivity index (χ2v) is 34.6. The molecule has 13 aliphatic rings. The average Bonchev–Trinajstić information content (AvgIpc) is 1.59. The number of amides is 3. The van der Waals surface area contributed by atoms with Gasteiger partial charge >= 0.3 is 6.09 Å². The second-order valence-electron chi connectivity index (χ2n) is 34.6. The summed E-state index contributed by atoms with van der Waals surface area (Å²) in [6.07, 6.45) is 31.3. The topological polar surface area (TPSA) is 116 Å². The summed E-state index contributed by atoms with van der Waals surface area (Å²) in [6, 6.07) is 24.0. The highest BCUT2D eigenvalue weighted by atomic mass is 19.1. The molecule has 9 heterocycles. The van der Waals surface area contributed by atoms with Crippen molar-refractivity contribution in [3.8, 4) is 5.75 Å². The SMILES string of the molecule is CC(=O)N1CC2(CCN(C3CCC[C@@H](C)C3)CC2)c2cc(F)ccc21.CCOC(=O)N1CCC(CN2CCC3(CC2)CN(C(C)=O)c2ccc(OC)cc23)CC1.Cc1ccc2c(c1)C1(CCN(CC3CCC4CCC3C4)CC1)CN2.Fc1ccc2c(c1)C1(CCN(CC3CCCCC3)CC1)CN2. The van der Waals surface area contributed by atoms with Crippen LogP contribution >= 0.6 is 0 Å². The molecule has 0 radical (unpaired) electrons. The maximum atomic E-state index is 13.9. The highest BCUT2D eigenvalue weighted by molar-refractivity contribution is 5.95. The molecule has 4 aliphatic carbocycles. The summed E-state index contributed by atoms with van der Waals surface area (Å²) in [4.78, 5) is 52.6. The molecule has 9 fully saturated rings. The Labute approximate surface area is 610 Å². The third-order valence-electron chi connectivity index (χ3n) is 28.3. The maximum Gasteiger partial charge on any atom is 0.409 e.